The molecule has 0 atom stereocenters. The Bertz CT molecular complexity index is 1270. The van der Waals surface area contributed by atoms with Gasteiger partial charge in [-0.2, -0.15) is 15.1 Å². The van der Waals surface area contributed by atoms with E-state index in [2.05, 4.69) is 40.8 Å². The molecule has 0 radical (unpaired) electrons. The molecule has 0 saturated carbocycles. The molecule has 4 aromatic rings. The highest BCUT2D eigenvalue weighted by Crippen LogP contribution is 2.25. The summed E-state index contributed by atoms with van der Waals surface area (Å²) in [5.74, 6) is 1.94. The number of halogens is 1. The maximum atomic E-state index is 11.1. The minimum Gasteiger partial charge on any atom is -0.495 e. The molecule has 0 aromatic carbocycles. The molecule has 0 bridgehead atoms. The van der Waals surface area contributed by atoms with Crippen molar-refractivity contribution < 1.29 is 19.2 Å². The van der Waals surface area contributed by atoms with E-state index in [0.717, 1.165) is 5.56 Å². The Morgan fingerprint density at radius 2 is 2.16 bits per heavy atom. The normalized spacial score (nSPS) is 11.0. The van der Waals surface area contributed by atoms with Crippen LogP contribution in [0.3, 0.4) is 0 Å². The van der Waals surface area contributed by atoms with Gasteiger partial charge in [0.25, 0.3) is 0 Å². The number of pyridine rings is 1. The van der Waals surface area contributed by atoms with Crippen molar-refractivity contribution in [3.63, 3.8) is 0 Å². The molecule has 0 aliphatic rings. The van der Waals surface area contributed by atoms with Crippen LogP contribution in [0.5, 0.6) is 5.75 Å². The van der Waals surface area contributed by atoms with E-state index in [1.807, 2.05) is 6.07 Å². The second-order valence-electron chi connectivity index (χ2n) is 6.57. The number of nitrogens with one attached hydrogen (secondary N) is 2. The number of nitrogens with zero attached hydrogens (tertiary/aromatic N) is 7. The summed E-state index contributed by atoms with van der Waals surface area (Å²) in [7, 11) is 1.55. The number of rotatable bonds is 8. The highest BCUT2D eigenvalue weighted by atomic mass is 35.5. The van der Waals surface area contributed by atoms with Gasteiger partial charge in [0.05, 0.1) is 26.4 Å². The zero-order valence-corrected chi connectivity index (χ0v) is 17.8. The van der Waals surface area contributed by atoms with E-state index >= 15 is 0 Å². The standard InChI is InChI=1S/C18H18ClN9O4/c1-9-23-14(27-32-9)7-21-16-15-11(24-17(25-16)26-18(29)30)6-22-28(15)8-12-13(31-2)3-10(4-19)5-20-12/h3,5-6H,4,7-8H2,1-2H3,(H,29,30)(H2,21,24,25,26). The molecule has 0 saturated heterocycles. The number of carboxylic acid groups (broad SMARTS) is 1. The summed E-state index contributed by atoms with van der Waals surface area (Å²) in [6.07, 6.45) is 1.89. The van der Waals surface area contributed by atoms with Crippen LogP contribution in [0, 0.1) is 6.92 Å². The molecular weight excluding hydrogens is 442 g/mol. The van der Waals surface area contributed by atoms with Gasteiger partial charge in [0.15, 0.2) is 11.6 Å². The van der Waals surface area contributed by atoms with Gasteiger partial charge in [-0.3, -0.25) is 15.0 Å². The van der Waals surface area contributed by atoms with E-state index in [1.54, 1.807) is 24.9 Å². The Morgan fingerprint density at radius 1 is 1.31 bits per heavy atom. The largest absolute Gasteiger partial charge is 0.495 e. The van der Waals surface area contributed by atoms with Crippen molar-refractivity contribution in [2.45, 2.75) is 25.9 Å². The molecule has 1 amide bonds. The second kappa shape index (κ2) is 9.01. The first kappa shape index (κ1) is 21.2. The number of aryl methyl sites for hydroxylation is 1. The average molecular weight is 460 g/mol. The van der Waals surface area contributed by atoms with Crippen LogP contribution in [0.15, 0.2) is 23.0 Å². The van der Waals surface area contributed by atoms with Gasteiger partial charge in [0, 0.05) is 19.0 Å². The zero-order valence-electron chi connectivity index (χ0n) is 17.0. The van der Waals surface area contributed by atoms with Crippen LogP contribution in [0.25, 0.3) is 11.0 Å². The minimum absolute atomic E-state index is 0.0986. The summed E-state index contributed by atoms with van der Waals surface area (Å²) in [5, 5.41) is 22.5. The number of amides is 1. The van der Waals surface area contributed by atoms with Gasteiger partial charge >= 0.3 is 6.09 Å². The number of carbonyl (C=O) groups is 1. The van der Waals surface area contributed by atoms with Crippen molar-refractivity contribution in [1.82, 2.24) is 34.9 Å². The molecule has 3 N–H and O–H groups in total. The maximum absolute atomic E-state index is 11.1. The number of methoxy groups -OCH3 is 1. The summed E-state index contributed by atoms with van der Waals surface area (Å²) >= 11 is 5.88. The lowest BCUT2D eigenvalue weighted by atomic mass is 10.2. The Morgan fingerprint density at radius 3 is 2.84 bits per heavy atom. The zero-order chi connectivity index (χ0) is 22.7. The van der Waals surface area contributed by atoms with Crippen LogP contribution in [-0.4, -0.2) is 53.2 Å². The Hall–Kier alpha value is -4.00. The van der Waals surface area contributed by atoms with E-state index < -0.39 is 6.09 Å². The first-order valence-corrected chi connectivity index (χ1v) is 9.84. The topological polar surface area (TPSA) is 166 Å². The monoisotopic (exact) mass is 459 g/mol. The average Bonchev–Trinajstić information content (AvgIpc) is 3.37. The molecule has 0 unspecified atom stereocenters. The third-order valence-corrected chi connectivity index (χ3v) is 4.66. The number of aromatic nitrogens is 7. The molecular formula is C18H18ClN9O4. The fourth-order valence-corrected chi connectivity index (χ4v) is 3.14. The first-order valence-electron chi connectivity index (χ1n) is 9.31. The van der Waals surface area contributed by atoms with Crippen LogP contribution in [0.1, 0.15) is 23.0 Å². The summed E-state index contributed by atoms with van der Waals surface area (Å²) in [6.45, 7) is 2.12. The Labute approximate surface area is 185 Å². The molecule has 0 fully saturated rings. The van der Waals surface area contributed by atoms with E-state index in [0.29, 0.717) is 45.9 Å². The minimum atomic E-state index is -1.29. The van der Waals surface area contributed by atoms with Crippen molar-refractivity contribution >= 4 is 40.5 Å². The van der Waals surface area contributed by atoms with Crippen molar-refractivity contribution in [2.24, 2.45) is 0 Å². The van der Waals surface area contributed by atoms with Gasteiger partial charge < -0.3 is 19.7 Å². The fraction of sp³-hybridized carbons (Fsp3) is 0.278. The van der Waals surface area contributed by atoms with Gasteiger partial charge in [0.1, 0.15) is 22.5 Å². The van der Waals surface area contributed by atoms with Gasteiger partial charge in [-0.05, 0) is 11.6 Å². The van der Waals surface area contributed by atoms with Crippen molar-refractivity contribution in [3.8, 4) is 5.75 Å². The van der Waals surface area contributed by atoms with Gasteiger partial charge in [-0.1, -0.05) is 5.16 Å². The number of fused-ring (bicyclic) bond motifs is 1. The Kier molecular flexibility index (Phi) is 5.98. The summed E-state index contributed by atoms with van der Waals surface area (Å²) < 4.78 is 12.0. The Balaban J connectivity index is 1.72. The molecule has 0 aliphatic carbocycles. The summed E-state index contributed by atoms with van der Waals surface area (Å²) in [5.41, 5.74) is 2.40. The molecule has 4 aromatic heterocycles. The number of hydrogen-bond acceptors (Lipinski definition) is 10. The van der Waals surface area contributed by atoms with Crippen LogP contribution in [0.2, 0.25) is 0 Å². The highest BCUT2D eigenvalue weighted by Gasteiger charge is 2.17. The van der Waals surface area contributed by atoms with Gasteiger partial charge in [-0.15, -0.1) is 11.6 Å². The SMILES string of the molecule is COc1cc(CCl)cnc1Cn1ncc2nc(NC(=O)O)nc(NCc3noc(C)n3)c21. The third-order valence-electron chi connectivity index (χ3n) is 4.35. The second-order valence-corrected chi connectivity index (χ2v) is 6.84. The van der Waals surface area contributed by atoms with Crippen molar-refractivity contribution in [3.05, 3.63) is 41.4 Å². The lowest BCUT2D eigenvalue weighted by Gasteiger charge is -2.12. The van der Waals surface area contributed by atoms with E-state index in [9.17, 15) is 4.79 Å². The molecule has 4 heterocycles. The van der Waals surface area contributed by atoms with Gasteiger partial charge in [-0.25, -0.2) is 9.78 Å². The molecule has 13 nitrogen and oxygen atoms in total. The molecule has 0 aliphatic heterocycles. The number of anilines is 2. The quantitative estimate of drug-likeness (QED) is 0.331. The fourth-order valence-electron chi connectivity index (χ4n) is 2.99. The smallest absolute Gasteiger partial charge is 0.411 e. The molecule has 166 valence electrons. The number of alkyl halides is 1. The van der Waals surface area contributed by atoms with Crippen LogP contribution in [0.4, 0.5) is 16.6 Å². The lowest BCUT2D eigenvalue weighted by molar-refractivity contribution is 0.209. The number of hydrogen-bond donors (Lipinski definition) is 3. The molecule has 14 heteroatoms. The van der Waals surface area contributed by atoms with E-state index in [-0.39, 0.29) is 19.0 Å². The predicted molar refractivity (Wildman–Crippen MR) is 113 cm³/mol. The maximum Gasteiger partial charge on any atom is 0.411 e. The van der Waals surface area contributed by atoms with Crippen molar-refractivity contribution in [2.75, 3.05) is 17.7 Å². The van der Waals surface area contributed by atoms with Crippen molar-refractivity contribution in [1.29, 1.82) is 0 Å². The summed E-state index contributed by atoms with van der Waals surface area (Å²) in [6, 6.07) is 1.81. The highest BCUT2D eigenvalue weighted by molar-refractivity contribution is 6.17. The van der Waals surface area contributed by atoms with Crippen LogP contribution < -0.4 is 15.4 Å². The van der Waals surface area contributed by atoms with Crippen LogP contribution in [-0.2, 0) is 19.0 Å². The molecule has 32 heavy (non-hydrogen) atoms. The lowest BCUT2D eigenvalue weighted by Crippen LogP contribution is -2.14. The van der Waals surface area contributed by atoms with E-state index in [1.165, 1.54) is 6.20 Å². The predicted octanol–water partition coefficient (Wildman–Crippen LogP) is 2.41. The van der Waals surface area contributed by atoms with Gasteiger partial charge in [0.2, 0.25) is 11.8 Å². The van der Waals surface area contributed by atoms with Crippen LogP contribution >= 0.6 is 11.6 Å². The summed E-state index contributed by atoms with van der Waals surface area (Å²) in [4.78, 5) is 28.1. The number of ether oxygens (including phenoxy) is 1. The molecule has 4 rings (SSSR count). The van der Waals surface area contributed by atoms with E-state index in [4.69, 9.17) is 26.0 Å². The first-order chi connectivity index (χ1) is 15.5. The third kappa shape index (κ3) is 4.51. The molecule has 0 spiro atoms.